The van der Waals surface area contributed by atoms with E-state index in [0.717, 1.165) is 37.6 Å². The number of aryl methyl sites for hydroxylation is 1. The molecule has 26 heavy (non-hydrogen) atoms. The normalized spacial score (nSPS) is 11.4. The Morgan fingerprint density at radius 2 is 2.00 bits per heavy atom. The van der Waals surface area contributed by atoms with E-state index in [1.54, 1.807) is 21.0 Å². The molecule has 0 atom stereocenters. The van der Waals surface area contributed by atoms with Crippen molar-refractivity contribution in [3.63, 3.8) is 0 Å². The van der Waals surface area contributed by atoms with E-state index < -0.39 is 0 Å². The molecule has 0 radical (unpaired) electrons. The number of nitrogens with zero attached hydrogens (tertiary/aromatic N) is 6. The SMILES string of the molecule is Cn1cc(-c2ccn3ncc(Sc4ccc5ncccc5c4)c3n2)cn1. The van der Waals surface area contributed by atoms with Crippen LogP contribution in [0, 0.1) is 0 Å². The smallest absolute Gasteiger partial charge is 0.169 e. The highest BCUT2D eigenvalue weighted by atomic mass is 32.2. The molecule has 1 aromatic carbocycles. The van der Waals surface area contributed by atoms with E-state index >= 15 is 0 Å². The summed E-state index contributed by atoms with van der Waals surface area (Å²) in [6.07, 6.45) is 9.37. The summed E-state index contributed by atoms with van der Waals surface area (Å²) < 4.78 is 3.57. The van der Waals surface area contributed by atoms with E-state index in [1.807, 2.05) is 56.2 Å². The first-order chi connectivity index (χ1) is 12.8. The first-order valence-electron chi connectivity index (χ1n) is 8.12. The van der Waals surface area contributed by atoms with Gasteiger partial charge in [0.2, 0.25) is 0 Å². The molecule has 0 saturated heterocycles. The van der Waals surface area contributed by atoms with Crippen molar-refractivity contribution >= 4 is 28.3 Å². The van der Waals surface area contributed by atoms with Gasteiger partial charge >= 0.3 is 0 Å². The summed E-state index contributed by atoms with van der Waals surface area (Å²) in [5.74, 6) is 0. The molecular weight excluding hydrogens is 344 g/mol. The molecule has 0 bridgehead atoms. The zero-order valence-corrected chi connectivity index (χ0v) is 14.8. The third kappa shape index (κ3) is 2.62. The van der Waals surface area contributed by atoms with Crippen molar-refractivity contribution in [2.24, 2.45) is 7.05 Å². The lowest BCUT2D eigenvalue weighted by Gasteiger charge is -2.03. The van der Waals surface area contributed by atoms with E-state index in [2.05, 4.69) is 33.4 Å². The summed E-state index contributed by atoms with van der Waals surface area (Å²) in [7, 11) is 1.90. The van der Waals surface area contributed by atoms with E-state index in [-0.39, 0.29) is 0 Å². The largest absolute Gasteiger partial charge is 0.275 e. The second-order valence-electron chi connectivity index (χ2n) is 5.95. The van der Waals surface area contributed by atoms with Gasteiger partial charge in [0.25, 0.3) is 0 Å². The molecule has 0 amide bonds. The van der Waals surface area contributed by atoms with E-state index in [1.165, 1.54) is 0 Å². The van der Waals surface area contributed by atoms with Crippen LogP contribution in [0.3, 0.4) is 0 Å². The van der Waals surface area contributed by atoms with Crippen LogP contribution in [0.1, 0.15) is 0 Å². The molecule has 7 heteroatoms. The topological polar surface area (TPSA) is 60.9 Å². The lowest BCUT2D eigenvalue weighted by molar-refractivity contribution is 0.768. The highest BCUT2D eigenvalue weighted by Crippen LogP contribution is 2.32. The molecule has 0 N–H and O–H groups in total. The number of aromatic nitrogens is 6. The zero-order valence-electron chi connectivity index (χ0n) is 13.9. The molecule has 0 unspecified atom stereocenters. The number of hydrogen-bond acceptors (Lipinski definition) is 5. The molecule has 5 rings (SSSR count). The van der Waals surface area contributed by atoms with Gasteiger partial charge in [0.05, 0.1) is 28.5 Å². The molecule has 6 nitrogen and oxygen atoms in total. The Labute approximate surface area is 153 Å². The maximum Gasteiger partial charge on any atom is 0.169 e. The summed E-state index contributed by atoms with van der Waals surface area (Å²) in [4.78, 5) is 11.3. The second kappa shape index (κ2) is 5.96. The Morgan fingerprint density at radius 3 is 2.88 bits per heavy atom. The fourth-order valence-electron chi connectivity index (χ4n) is 2.88. The van der Waals surface area contributed by atoms with Crippen molar-refractivity contribution in [3.05, 3.63) is 67.4 Å². The quantitative estimate of drug-likeness (QED) is 0.490. The summed E-state index contributed by atoms with van der Waals surface area (Å²) in [6, 6.07) is 12.2. The maximum atomic E-state index is 4.79. The first-order valence-corrected chi connectivity index (χ1v) is 8.94. The molecule has 4 heterocycles. The van der Waals surface area contributed by atoms with Crippen molar-refractivity contribution in [3.8, 4) is 11.3 Å². The second-order valence-corrected chi connectivity index (χ2v) is 7.07. The van der Waals surface area contributed by atoms with Gasteiger partial charge in [-0.2, -0.15) is 10.2 Å². The van der Waals surface area contributed by atoms with Gasteiger partial charge in [0.1, 0.15) is 0 Å². The highest BCUT2D eigenvalue weighted by Gasteiger charge is 2.11. The molecule has 0 aliphatic rings. The van der Waals surface area contributed by atoms with Crippen molar-refractivity contribution in [2.45, 2.75) is 9.79 Å². The average Bonchev–Trinajstić information content (AvgIpc) is 3.28. The van der Waals surface area contributed by atoms with Crippen molar-refractivity contribution in [2.75, 3.05) is 0 Å². The first kappa shape index (κ1) is 15.1. The molecule has 0 spiro atoms. The Kier molecular flexibility index (Phi) is 3.46. The molecule has 0 saturated carbocycles. The summed E-state index contributed by atoms with van der Waals surface area (Å²) in [5.41, 5.74) is 3.70. The van der Waals surface area contributed by atoms with Crippen LogP contribution in [-0.2, 0) is 7.05 Å². The zero-order chi connectivity index (χ0) is 17.5. The predicted molar refractivity (Wildman–Crippen MR) is 101 cm³/mol. The van der Waals surface area contributed by atoms with Crippen LogP contribution in [-0.4, -0.2) is 29.4 Å². The number of fused-ring (bicyclic) bond motifs is 2. The summed E-state index contributed by atoms with van der Waals surface area (Å²) in [6.45, 7) is 0. The lowest BCUT2D eigenvalue weighted by atomic mass is 10.2. The number of hydrogen-bond donors (Lipinski definition) is 0. The van der Waals surface area contributed by atoms with Crippen LogP contribution in [0.4, 0.5) is 0 Å². The summed E-state index contributed by atoms with van der Waals surface area (Å²) in [5, 5.41) is 9.76. The van der Waals surface area contributed by atoms with Crippen molar-refractivity contribution in [1.82, 2.24) is 29.4 Å². The predicted octanol–water partition coefficient (Wildman–Crippen LogP) is 3.83. The average molecular weight is 358 g/mol. The van der Waals surface area contributed by atoms with Crippen molar-refractivity contribution in [1.29, 1.82) is 0 Å². The minimum atomic E-state index is 0.836. The van der Waals surface area contributed by atoms with Crippen molar-refractivity contribution < 1.29 is 0 Å². The number of benzene rings is 1. The third-order valence-corrected chi connectivity index (χ3v) is 5.14. The minimum absolute atomic E-state index is 0.836. The standard InChI is InChI=1S/C19H14N6S/c1-24-12-14(10-21-24)17-6-8-25-19(23-17)18(11-22-25)26-15-4-5-16-13(9-15)3-2-7-20-16/h2-12H,1H3. The monoisotopic (exact) mass is 358 g/mol. The van der Waals surface area contributed by atoms with Gasteiger partial charge in [-0.3, -0.25) is 9.67 Å². The maximum absolute atomic E-state index is 4.79. The van der Waals surface area contributed by atoms with Crippen LogP contribution >= 0.6 is 11.8 Å². The Hall–Kier alpha value is -3.19. The molecule has 5 aromatic rings. The molecule has 0 aliphatic carbocycles. The van der Waals surface area contributed by atoms with E-state index in [9.17, 15) is 0 Å². The van der Waals surface area contributed by atoms with Crippen LogP contribution in [0.2, 0.25) is 0 Å². The van der Waals surface area contributed by atoms with Gasteiger partial charge in [-0.1, -0.05) is 17.8 Å². The molecule has 0 aliphatic heterocycles. The minimum Gasteiger partial charge on any atom is -0.275 e. The Bertz CT molecular complexity index is 1240. The highest BCUT2D eigenvalue weighted by molar-refractivity contribution is 7.99. The van der Waals surface area contributed by atoms with Gasteiger partial charge in [0.15, 0.2) is 5.65 Å². The van der Waals surface area contributed by atoms with E-state index in [4.69, 9.17) is 4.98 Å². The van der Waals surface area contributed by atoms with Crippen LogP contribution in [0.25, 0.3) is 27.8 Å². The van der Waals surface area contributed by atoms with Crippen LogP contribution in [0.5, 0.6) is 0 Å². The Balaban J connectivity index is 1.55. The van der Waals surface area contributed by atoms with Gasteiger partial charge in [-0.15, -0.1) is 0 Å². The lowest BCUT2D eigenvalue weighted by Crippen LogP contribution is -1.91. The summed E-state index contributed by atoms with van der Waals surface area (Å²) >= 11 is 1.65. The number of pyridine rings is 1. The molecule has 0 fully saturated rings. The fourth-order valence-corrected chi connectivity index (χ4v) is 3.78. The van der Waals surface area contributed by atoms with Crippen LogP contribution in [0.15, 0.2) is 77.2 Å². The van der Waals surface area contributed by atoms with Gasteiger partial charge in [-0.05, 0) is 30.3 Å². The molecule has 126 valence electrons. The molecular formula is C19H14N6S. The van der Waals surface area contributed by atoms with Gasteiger partial charge < -0.3 is 0 Å². The number of rotatable bonds is 3. The van der Waals surface area contributed by atoms with Gasteiger partial charge in [0, 0.05) is 41.5 Å². The van der Waals surface area contributed by atoms with E-state index in [0.29, 0.717) is 0 Å². The molecule has 4 aromatic heterocycles. The fraction of sp³-hybridized carbons (Fsp3) is 0.0526. The third-order valence-electron chi connectivity index (χ3n) is 4.14. The Morgan fingerprint density at radius 1 is 1.04 bits per heavy atom. The van der Waals surface area contributed by atoms with Gasteiger partial charge in [-0.25, -0.2) is 9.50 Å². The van der Waals surface area contributed by atoms with Crippen LogP contribution < -0.4 is 0 Å².